The van der Waals surface area contributed by atoms with E-state index in [1.54, 1.807) is 6.07 Å². The third-order valence-electron chi connectivity index (χ3n) is 3.17. The van der Waals surface area contributed by atoms with Crippen molar-refractivity contribution in [2.24, 2.45) is 0 Å². The molecule has 0 spiro atoms. The highest BCUT2D eigenvalue weighted by atomic mass is 16.3. The Bertz CT molecular complexity index is 738. The van der Waals surface area contributed by atoms with E-state index in [2.05, 4.69) is 10.3 Å². The maximum atomic E-state index is 9.89. The molecule has 3 aromatic rings. The number of fused-ring (bicyclic) bond motifs is 1. The molecule has 0 saturated carbocycles. The van der Waals surface area contributed by atoms with E-state index in [0.717, 1.165) is 22.3 Å². The minimum Gasteiger partial charge on any atom is -0.506 e. The highest BCUT2D eigenvalue weighted by Gasteiger charge is 2.07. The zero-order valence-electron chi connectivity index (χ0n) is 10.6. The van der Waals surface area contributed by atoms with E-state index in [4.69, 9.17) is 0 Å². The summed E-state index contributed by atoms with van der Waals surface area (Å²) in [6.45, 7) is 0. The number of benzene rings is 2. The Kier molecular flexibility index (Phi) is 2.80. The van der Waals surface area contributed by atoms with Gasteiger partial charge < -0.3 is 10.4 Å². The van der Waals surface area contributed by atoms with Crippen LogP contribution in [0.2, 0.25) is 0 Å². The molecule has 2 N–H and O–H groups in total. The normalized spacial score (nSPS) is 10.6. The van der Waals surface area contributed by atoms with Crippen LogP contribution in [0.3, 0.4) is 0 Å². The van der Waals surface area contributed by atoms with Gasteiger partial charge in [-0.2, -0.15) is 0 Å². The van der Waals surface area contributed by atoms with Crippen molar-refractivity contribution >= 4 is 16.6 Å². The van der Waals surface area contributed by atoms with E-state index in [-0.39, 0.29) is 5.75 Å². The molecule has 3 nitrogen and oxygen atoms in total. The van der Waals surface area contributed by atoms with Gasteiger partial charge in [-0.1, -0.05) is 36.4 Å². The molecule has 0 atom stereocenters. The van der Waals surface area contributed by atoms with Gasteiger partial charge in [0.2, 0.25) is 0 Å². The summed E-state index contributed by atoms with van der Waals surface area (Å²) in [7, 11) is 1.89. The van der Waals surface area contributed by atoms with Crippen LogP contribution in [-0.4, -0.2) is 17.1 Å². The Balaban J connectivity index is 2.23. The third-order valence-corrected chi connectivity index (χ3v) is 3.17. The molecule has 0 fully saturated rings. The Morgan fingerprint density at radius 2 is 1.79 bits per heavy atom. The lowest BCUT2D eigenvalue weighted by Crippen LogP contribution is -1.93. The molecule has 1 aromatic heterocycles. The lowest BCUT2D eigenvalue weighted by atomic mass is 10.1. The number of pyridine rings is 1. The van der Waals surface area contributed by atoms with Gasteiger partial charge in [-0.25, -0.2) is 4.98 Å². The Hall–Kier alpha value is -2.55. The van der Waals surface area contributed by atoms with Crippen LogP contribution in [0.25, 0.3) is 22.2 Å². The summed E-state index contributed by atoms with van der Waals surface area (Å²) in [4.78, 5) is 4.56. The zero-order chi connectivity index (χ0) is 13.2. The largest absolute Gasteiger partial charge is 0.506 e. The Labute approximate surface area is 111 Å². The van der Waals surface area contributed by atoms with Crippen LogP contribution in [0.1, 0.15) is 0 Å². The molecule has 0 aliphatic rings. The maximum absolute atomic E-state index is 9.89. The second-order valence-corrected chi connectivity index (χ2v) is 4.34. The standard InChI is InChI=1S/C16H14N2O/c1-17-13-7-3-2-6-12(13)14-10-9-11-5-4-8-15(19)16(11)18-14/h2-10,17,19H,1H3. The molecule has 0 amide bonds. The fourth-order valence-electron chi connectivity index (χ4n) is 2.21. The smallest absolute Gasteiger partial charge is 0.141 e. The second-order valence-electron chi connectivity index (χ2n) is 4.34. The average molecular weight is 250 g/mol. The summed E-state index contributed by atoms with van der Waals surface area (Å²) in [6.07, 6.45) is 0. The van der Waals surface area contributed by atoms with Crippen molar-refractivity contribution in [3.8, 4) is 17.0 Å². The molecule has 94 valence electrons. The first-order valence-electron chi connectivity index (χ1n) is 6.15. The first-order valence-corrected chi connectivity index (χ1v) is 6.15. The van der Waals surface area contributed by atoms with Crippen molar-refractivity contribution < 1.29 is 5.11 Å². The molecule has 0 saturated heterocycles. The molecule has 0 aliphatic heterocycles. The van der Waals surface area contributed by atoms with Gasteiger partial charge in [0.1, 0.15) is 11.3 Å². The van der Waals surface area contributed by atoms with Crippen LogP contribution in [0, 0.1) is 0 Å². The van der Waals surface area contributed by atoms with Gasteiger partial charge in [0.15, 0.2) is 0 Å². The molecule has 0 aliphatic carbocycles. The van der Waals surface area contributed by atoms with Gasteiger partial charge in [-0.3, -0.25) is 0 Å². The van der Waals surface area contributed by atoms with Crippen LogP contribution in [-0.2, 0) is 0 Å². The summed E-state index contributed by atoms with van der Waals surface area (Å²) < 4.78 is 0. The second kappa shape index (κ2) is 4.61. The van der Waals surface area contributed by atoms with Gasteiger partial charge in [-0.15, -0.1) is 0 Å². The van der Waals surface area contributed by atoms with Crippen LogP contribution >= 0.6 is 0 Å². The molecule has 19 heavy (non-hydrogen) atoms. The van der Waals surface area contributed by atoms with E-state index in [9.17, 15) is 5.11 Å². The molecule has 0 unspecified atom stereocenters. The fraction of sp³-hybridized carbons (Fsp3) is 0.0625. The molecule has 0 bridgehead atoms. The topological polar surface area (TPSA) is 45.1 Å². The minimum absolute atomic E-state index is 0.210. The highest BCUT2D eigenvalue weighted by Crippen LogP contribution is 2.30. The molecule has 1 heterocycles. The molecular weight excluding hydrogens is 236 g/mol. The first-order chi connectivity index (χ1) is 9.29. The number of phenolic OH excluding ortho intramolecular Hbond substituents is 1. The van der Waals surface area contributed by atoms with E-state index in [1.165, 1.54) is 0 Å². The zero-order valence-corrected chi connectivity index (χ0v) is 10.6. The molecule has 3 heteroatoms. The monoisotopic (exact) mass is 250 g/mol. The predicted molar refractivity (Wildman–Crippen MR) is 78.4 cm³/mol. The number of aromatic nitrogens is 1. The number of hydrogen-bond donors (Lipinski definition) is 2. The Morgan fingerprint density at radius 1 is 0.947 bits per heavy atom. The summed E-state index contributed by atoms with van der Waals surface area (Å²) in [5, 5.41) is 14.0. The van der Waals surface area contributed by atoms with E-state index in [0.29, 0.717) is 5.52 Å². The van der Waals surface area contributed by atoms with Gasteiger partial charge in [-0.05, 0) is 18.2 Å². The summed E-state index contributed by atoms with van der Waals surface area (Å²) in [5.41, 5.74) is 3.52. The quantitative estimate of drug-likeness (QED) is 0.729. The number of para-hydroxylation sites is 2. The first kappa shape index (κ1) is 11.5. The molecule has 0 radical (unpaired) electrons. The number of rotatable bonds is 2. The van der Waals surface area contributed by atoms with Crippen molar-refractivity contribution in [3.63, 3.8) is 0 Å². The van der Waals surface area contributed by atoms with Crippen molar-refractivity contribution in [2.75, 3.05) is 12.4 Å². The van der Waals surface area contributed by atoms with Crippen LogP contribution < -0.4 is 5.32 Å². The van der Waals surface area contributed by atoms with Gasteiger partial charge in [0, 0.05) is 23.7 Å². The summed E-state index contributed by atoms with van der Waals surface area (Å²) >= 11 is 0. The predicted octanol–water partition coefficient (Wildman–Crippen LogP) is 3.65. The van der Waals surface area contributed by atoms with Crippen molar-refractivity contribution in [3.05, 3.63) is 54.6 Å². The van der Waals surface area contributed by atoms with E-state index >= 15 is 0 Å². The number of nitrogens with zero attached hydrogens (tertiary/aromatic N) is 1. The minimum atomic E-state index is 0.210. The number of phenols is 1. The molecule has 3 rings (SSSR count). The van der Waals surface area contributed by atoms with Gasteiger partial charge in [0.05, 0.1) is 5.69 Å². The SMILES string of the molecule is CNc1ccccc1-c1ccc2cccc(O)c2n1. The summed E-state index contributed by atoms with van der Waals surface area (Å²) in [6, 6.07) is 17.3. The summed E-state index contributed by atoms with van der Waals surface area (Å²) in [5.74, 6) is 0.210. The van der Waals surface area contributed by atoms with Crippen molar-refractivity contribution in [1.29, 1.82) is 0 Å². The molecular formula is C16H14N2O. The number of nitrogens with one attached hydrogen (secondary N) is 1. The third kappa shape index (κ3) is 1.99. The van der Waals surface area contributed by atoms with Crippen molar-refractivity contribution in [1.82, 2.24) is 4.98 Å². The fourth-order valence-corrected chi connectivity index (χ4v) is 2.21. The van der Waals surface area contributed by atoms with Gasteiger partial charge >= 0.3 is 0 Å². The van der Waals surface area contributed by atoms with Gasteiger partial charge in [0.25, 0.3) is 0 Å². The number of aromatic hydroxyl groups is 1. The maximum Gasteiger partial charge on any atom is 0.141 e. The average Bonchev–Trinajstić information content (AvgIpc) is 2.47. The lowest BCUT2D eigenvalue weighted by molar-refractivity contribution is 0.480. The number of anilines is 1. The van der Waals surface area contributed by atoms with E-state index in [1.807, 2.05) is 55.6 Å². The number of hydrogen-bond acceptors (Lipinski definition) is 3. The van der Waals surface area contributed by atoms with Crippen LogP contribution in [0.4, 0.5) is 5.69 Å². The van der Waals surface area contributed by atoms with Crippen LogP contribution in [0.5, 0.6) is 5.75 Å². The van der Waals surface area contributed by atoms with E-state index < -0.39 is 0 Å². The molecule has 2 aromatic carbocycles. The lowest BCUT2D eigenvalue weighted by Gasteiger charge is -2.09. The Morgan fingerprint density at radius 3 is 2.63 bits per heavy atom. The van der Waals surface area contributed by atoms with Crippen LogP contribution in [0.15, 0.2) is 54.6 Å². The highest BCUT2D eigenvalue weighted by molar-refractivity contribution is 5.88. The van der Waals surface area contributed by atoms with Crippen molar-refractivity contribution in [2.45, 2.75) is 0 Å².